The first kappa shape index (κ1) is 15.6. The van der Waals surface area contributed by atoms with Gasteiger partial charge in [0.1, 0.15) is 5.22 Å². The quantitative estimate of drug-likeness (QED) is 0.386. The van der Waals surface area contributed by atoms with Crippen molar-refractivity contribution in [2.24, 2.45) is 0 Å². The van der Waals surface area contributed by atoms with Gasteiger partial charge in [0.05, 0.1) is 20.6 Å². The van der Waals surface area contributed by atoms with Crippen LogP contribution in [0.3, 0.4) is 0 Å². The number of alkyl halides is 3. The first-order chi connectivity index (χ1) is 11.8. The van der Waals surface area contributed by atoms with Gasteiger partial charge in [-0.2, -0.15) is 13.2 Å². The second-order valence-corrected chi connectivity index (χ2v) is 6.50. The topological polar surface area (TPSA) is 59.3 Å². The summed E-state index contributed by atoms with van der Waals surface area (Å²) in [7, 11) is 0. The summed E-state index contributed by atoms with van der Waals surface area (Å²) in [5.74, 6) is -2.17. The number of hydrogen-bond donors (Lipinski definition) is 1. The van der Waals surface area contributed by atoms with Crippen LogP contribution < -0.4 is 16.2 Å². The van der Waals surface area contributed by atoms with Crippen molar-refractivity contribution in [3.8, 4) is 5.69 Å². The molecule has 0 atom stereocenters. The molecule has 0 unspecified atom stereocenters. The van der Waals surface area contributed by atoms with E-state index in [1.807, 2.05) is 0 Å². The van der Waals surface area contributed by atoms with Crippen molar-refractivity contribution in [1.82, 2.24) is 4.57 Å². The highest BCUT2D eigenvalue weighted by molar-refractivity contribution is 7.24. The first-order valence-electron chi connectivity index (χ1n) is 7.10. The number of halogens is 3. The first-order valence-corrected chi connectivity index (χ1v) is 7.92. The van der Waals surface area contributed by atoms with Gasteiger partial charge in [0.15, 0.2) is 0 Å². The molecule has 0 aliphatic carbocycles. The van der Waals surface area contributed by atoms with E-state index in [9.17, 15) is 27.9 Å². The molecule has 0 radical (unpaired) electrons. The van der Waals surface area contributed by atoms with Crippen LogP contribution in [0, 0.1) is 0 Å². The average molecular weight is 363 g/mol. The number of aliphatic hydroxyl groups is 1. The van der Waals surface area contributed by atoms with Crippen molar-refractivity contribution in [3.05, 3.63) is 68.3 Å². The molecule has 2 aliphatic rings. The van der Waals surface area contributed by atoms with Crippen molar-refractivity contribution >= 4 is 37.4 Å². The molecule has 0 bridgehead atoms. The highest BCUT2D eigenvalue weighted by atomic mass is 32.1. The van der Waals surface area contributed by atoms with E-state index in [1.54, 1.807) is 30.3 Å². The van der Waals surface area contributed by atoms with Crippen molar-refractivity contribution < 1.29 is 18.3 Å². The molecule has 0 fully saturated rings. The number of aromatic nitrogens is 1. The molecule has 0 aromatic heterocycles. The average Bonchev–Trinajstić information content (AvgIpc) is 2.57. The van der Waals surface area contributed by atoms with E-state index < -0.39 is 28.1 Å². The normalized spacial score (nSPS) is 13.7. The van der Waals surface area contributed by atoms with Gasteiger partial charge >= 0.3 is 6.18 Å². The molecule has 0 saturated carbocycles. The molecule has 2 heterocycles. The van der Waals surface area contributed by atoms with E-state index in [0.717, 1.165) is 4.57 Å². The van der Waals surface area contributed by atoms with E-state index in [1.165, 1.54) is 23.5 Å². The highest BCUT2D eigenvalue weighted by Gasteiger charge is 2.37. The summed E-state index contributed by atoms with van der Waals surface area (Å²) in [5, 5.41) is 8.19. The second-order valence-electron chi connectivity index (χ2n) is 5.41. The number of rotatable bonds is 0. The SMILES string of the molecule is O=c1/c(=C(\O)C(F)(F)F)c(=O)n2c3ccccc3sc3cccc1c3-2. The van der Waals surface area contributed by atoms with E-state index in [4.69, 9.17) is 0 Å². The third-order valence-electron chi connectivity index (χ3n) is 3.94. The predicted octanol–water partition coefficient (Wildman–Crippen LogP) is 2.95. The van der Waals surface area contributed by atoms with E-state index in [0.29, 0.717) is 14.9 Å². The summed E-state index contributed by atoms with van der Waals surface area (Å²) in [5.41, 5.74) is -1.70. The Morgan fingerprint density at radius 2 is 1.68 bits per heavy atom. The maximum atomic E-state index is 12.9. The molecule has 2 aliphatic heterocycles. The zero-order valence-electron chi connectivity index (χ0n) is 12.3. The number of pyridine rings is 1. The number of hydrogen-bond acceptors (Lipinski definition) is 4. The summed E-state index contributed by atoms with van der Waals surface area (Å²) < 4.78 is 41.1. The van der Waals surface area contributed by atoms with Crippen LogP contribution >= 0.6 is 11.3 Å². The Morgan fingerprint density at radius 1 is 1.00 bits per heavy atom. The third-order valence-corrected chi connectivity index (χ3v) is 5.06. The minimum absolute atomic E-state index is 0.0510. The van der Waals surface area contributed by atoms with E-state index in [2.05, 4.69) is 0 Å². The minimum Gasteiger partial charge on any atom is -0.504 e. The summed E-state index contributed by atoms with van der Waals surface area (Å²) in [6.07, 6.45) is -5.19. The Bertz CT molecular complexity index is 1290. The molecule has 0 spiro atoms. The van der Waals surface area contributed by atoms with E-state index >= 15 is 0 Å². The number of aliphatic hydroxyl groups excluding tert-OH is 1. The smallest absolute Gasteiger partial charge is 0.449 e. The van der Waals surface area contributed by atoms with Crippen molar-refractivity contribution in [3.63, 3.8) is 0 Å². The van der Waals surface area contributed by atoms with Gasteiger partial charge in [-0.05, 0) is 24.3 Å². The molecule has 25 heavy (non-hydrogen) atoms. The molecule has 2 aromatic carbocycles. The summed E-state index contributed by atoms with van der Waals surface area (Å²) in [6, 6.07) is 11.3. The van der Waals surface area contributed by atoms with Gasteiger partial charge in [0.25, 0.3) is 5.56 Å². The van der Waals surface area contributed by atoms with Crippen LogP contribution in [0.2, 0.25) is 0 Å². The summed E-state index contributed by atoms with van der Waals surface area (Å²) >= 11 is 1.32. The molecule has 1 N–H and O–H groups in total. The van der Waals surface area contributed by atoms with Crippen LogP contribution in [0.4, 0.5) is 13.2 Å². The van der Waals surface area contributed by atoms with Crippen LogP contribution in [-0.2, 0) is 0 Å². The Balaban J connectivity index is 2.46. The summed E-state index contributed by atoms with van der Waals surface area (Å²) in [6.45, 7) is 0. The van der Waals surface area contributed by atoms with Gasteiger partial charge in [-0.25, -0.2) is 0 Å². The Morgan fingerprint density at radius 3 is 2.40 bits per heavy atom. The second kappa shape index (κ2) is 5.06. The zero-order valence-corrected chi connectivity index (χ0v) is 13.1. The van der Waals surface area contributed by atoms with Crippen molar-refractivity contribution in [1.29, 1.82) is 0 Å². The molecule has 0 saturated heterocycles. The molecular formula is C17H8F3NO3S. The standard InChI is InChI=1S/C17H8F3NO3S/c18-17(19,20)15(23)12-14(22)8-4-3-7-11-13(8)21(16(12)24)9-5-1-2-6-10(9)25-11/h1-7,23H/b15-12+. The van der Waals surface area contributed by atoms with Gasteiger partial charge in [0.2, 0.25) is 11.2 Å². The number of benzene rings is 2. The van der Waals surface area contributed by atoms with Crippen LogP contribution in [0.15, 0.2) is 52.1 Å². The van der Waals surface area contributed by atoms with Gasteiger partial charge < -0.3 is 5.11 Å². The zero-order chi connectivity index (χ0) is 17.9. The minimum atomic E-state index is -5.19. The lowest BCUT2D eigenvalue weighted by atomic mass is 10.1. The Labute approximate surface area is 141 Å². The predicted molar refractivity (Wildman–Crippen MR) is 89.7 cm³/mol. The third kappa shape index (κ3) is 2.14. The van der Waals surface area contributed by atoms with Crippen molar-refractivity contribution in [2.75, 3.05) is 0 Å². The summed E-state index contributed by atoms with van der Waals surface area (Å²) in [4.78, 5) is 25.2. The fourth-order valence-corrected chi connectivity index (χ4v) is 3.98. The van der Waals surface area contributed by atoms with Gasteiger partial charge in [-0.3, -0.25) is 14.2 Å². The highest BCUT2D eigenvalue weighted by Crippen LogP contribution is 2.32. The van der Waals surface area contributed by atoms with Crippen LogP contribution in [0.25, 0.3) is 31.7 Å². The van der Waals surface area contributed by atoms with E-state index in [-0.39, 0.29) is 11.1 Å². The number of fused-ring (bicyclic) bond motifs is 2. The Hall–Kier alpha value is -2.87. The molecule has 126 valence electrons. The fraction of sp³-hybridized carbons (Fsp3) is 0.0588. The lowest BCUT2D eigenvalue weighted by Gasteiger charge is -2.16. The molecule has 8 heteroatoms. The van der Waals surface area contributed by atoms with Crippen LogP contribution in [-0.4, -0.2) is 15.8 Å². The largest absolute Gasteiger partial charge is 0.504 e. The number of nitrogens with zero attached hydrogens (tertiary/aromatic N) is 1. The van der Waals surface area contributed by atoms with Gasteiger partial charge in [0, 0.05) is 5.39 Å². The monoisotopic (exact) mass is 363 g/mol. The van der Waals surface area contributed by atoms with Crippen molar-refractivity contribution in [2.45, 2.75) is 6.18 Å². The van der Waals surface area contributed by atoms with Crippen LogP contribution in [0.5, 0.6) is 0 Å². The Kier molecular flexibility index (Phi) is 3.17. The lowest BCUT2D eigenvalue weighted by Crippen LogP contribution is -2.48. The molecular weight excluding hydrogens is 355 g/mol. The van der Waals surface area contributed by atoms with Crippen LogP contribution in [0.1, 0.15) is 0 Å². The molecule has 0 amide bonds. The maximum absolute atomic E-state index is 12.9. The maximum Gasteiger partial charge on any atom is 0.449 e. The lowest BCUT2D eigenvalue weighted by molar-refractivity contribution is -0.0898. The fourth-order valence-electron chi connectivity index (χ4n) is 2.89. The molecule has 4 rings (SSSR count). The van der Waals surface area contributed by atoms with Gasteiger partial charge in [-0.15, -0.1) is 11.3 Å². The van der Waals surface area contributed by atoms with Gasteiger partial charge in [-0.1, -0.05) is 18.2 Å². The molecule has 2 aromatic rings. The number of para-hydroxylation sites is 2. The molecule has 4 nitrogen and oxygen atoms in total.